The van der Waals surface area contributed by atoms with Crippen LogP contribution in [0.1, 0.15) is 36.5 Å². The third-order valence-corrected chi connectivity index (χ3v) is 3.75. The maximum Gasteiger partial charge on any atom is 0.273 e. The molecule has 0 saturated heterocycles. The quantitative estimate of drug-likeness (QED) is 0.641. The number of carbonyl (C=O) groups excluding carboxylic acids is 1. The number of aromatic amines is 1. The van der Waals surface area contributed by atoms with Gasteiger partial charge >= 0.3 is 0 Å². The van der Waals surface area contributed by atoms with Gasteiger partial charge in [0.2, 0.25) is 10.0 Å². The Bertz CT molecular complexity index is 567. The second-order valence-electron chi connectivity index (χ2n) is 4.43. The van der Waals surface area contributed by atoms with Crippen LogP contribution in [-0.2, 0) is 21.2 Å². The normalized spacial score (nSPS) is 13.2. The Balaban J connectivity index is 3.03. The second-order valence-corrected chi connectivity index (χ2v) is 5.93. The Labute approximate surface area is 118 Å². The van der Waals surface area contributed by atoms with Crippen LogP contribution >= 0.6 is 0 Å². The van der Waals surface area contributed by atoms with Gasteiger partial charge in [0.1, 0.15) is 4.90 Å². The minimum atomic E-state index is -4.02. The molecular weight excluding hydrogens is 284 g/mol. The molecule has 4 N–H and O–H groups in total. The number of aryl methyl sites for hydroxylation is 1. The molecule has 20 heavy (non-hydrogen) atoms. The summed E-state index contributed by atoms with van der Waals surface area (Å²) in [5, 5.41) is 14.0. The van der Waals surface area contributed by atoms with Crippen molar-refractivity contribution >= 4 is 15.9 Å². The van der Waals surface area contributed by atoms with Crippen molar-refractivity contribution in [3.63, 3.8) is 0 Å². The molecule has 0 aliphatic carbocycles. The van der Waals surface area contributed by atoms with Crippen molar-refractivity contribution in [2.24, 2.45) is 5.14 Å². The van der Waals surface area contributed by atoms with Crippen molar-refractivity contribution < 1.29 is 17.9 Å². The van der Waals surface area contributed by atoms with Gasteiger partial charge in [-0.05, 0) is 13.3 Å². The standard InChI is InChI=1S/C11H20N4O4S/c1-4-5-8-10(20(12,17)18)9(15-14-8)11(16)13-6-7(2)19-3/h7H,4-6H2,1-3H3,(H,13,16)(H,14,15)(H2,12,17,18). The summed E-state index contributed by atoms with van der Waals surface area (Å²) in [7, 11) is -2.50. The lowest BCUT2D eigenvalue weighted by atomic mass is 10.2. The van der Waals surface area contributed by atoms with E-state index >= 15 is 0 Å². The van der Waals surface area contributed by atoms with E-state index in [-0.39, 0.29) is 23.2 Å². The number of ether oxygens (including phenoxy) is 1. The van der Waals surface area contributed by atoms with Gasteiger partial charge in [0.25, 0.3) is 5.91 Å². The molecule has 1 heterocycles. The Morgan fingerprint density at radius 1 is 1.55 bits per heavy atom. The highest BCUT2D eigenvalue weighted by molar-refractivity contribution is 7.89. The first kappa shape index (κ1) is 16.6. The molecule has 0 aliphatic rings. The van der Waals surface area contributed by atoms with Crippen molar-refractivity contribution in [2.75, 3.05) is 13.7 Å². The summed E-state index contributed by atoms with van der Waals surface area (Å²) >= 11 is 0. The SMILES string of the molecule is CCCc1[nH]nc(C(=O)NCC(C)OC)c1S(N)(=O)=O. The summed E-state index contributed by atoms with van der Waals surface area (Å²) < 4.78 is 28.2. The topological polar surface area (TPSA) is 127 Å². The lowest BCUT2D eigenvalue weighted by molar-refractivity contribution is 0.0863. The van der Waals surface area contributed by atoms with Crippen LogP contribution in [-0.4, -0.2) is 44.3 Å². The van der Waals surface area contributed by atoms with Gasteiger partial charge in [-0.1, -0.05) is 13.3 Å². The number of methoxy groups -OCH3 is 1. The molecule has 0 spiro atoms. The number of amides is 1. The summed E-state index contributed by atoms with van der Waals surface area (Å²) in [4.78, 5) is 11.7. The summed E-state index contributed by atoms with van der Waals surface area (Å²) in [5.74, 6) is -0.600. The van der Waals surface area contributed by atoms with Crippen molar-refractivity contribution in [3.8, 4) is 0 Å². The molecule has 0 radical (unpaired) electrons. The minimum Gasteiger partial charge on any atom is -0.380 e. The van der Waals surface area contributed by atoms with Crippen LogP contribution in [0.5, 0.6) is 0 Å². The summed E-state index contributed by atoms with van der Waals surface area (Å²) in [6.45, 7) is 3.90. The van der Waals surface area contributed by atoms with Gasteiger partial charge in [0, 0.05) is 13.7 Å². The maximum atomic E-state index is 12.0. The monoisotopic (exact) mass is 304 g/mol. The first-order chi connectivity index (χ1) is 9.31. The maximum absolute atomic E-state index is 12.0. The zero-order valence-corrected chi connectivity index (χ0v) is 12.6. The van der Waals surface area contributed by atoms with Crippen molar-refractivity contribution in [3.05, 3.63) is 11.4 Å². The summed E-state index contributed by atoms with van der Waals surface area (Å²) in [6.07, 6.45) is 0.957. The number of hydrogen-bond donors (Lipinski definition) is 3. The Hall–Kier alpha value is -1.45. The number of carbonyl (C=O) groups is 1. The molecule has 0 saturated carbocycles. The number of nitrogens with one attached hydrogen (secondary N) is 2. The fraction of sp³-hybridized carbons (Fsp3) is 0.636. The molecule has 1 aromatic rings. The molecule has 0 bridgehead atoms. The molecule has 1 aromatic heterocycles. The zero-order valence-electron chi connectivity index (χ0n) is 11.8. The lowest BCUT2D eigenvalue weighted by Crippen LogP contribution is -2.33. The van der Waals surface area contributed by atoms with Crippen LogP contribution in [0.4, 0.5) is 0 Å². The lowest BCUT2D eigenvalue weighted by Gasteiger charge is -2.10. The van der Waals surface area contributed by atoms with Crippen molar-refractivity contribution in [1.29, 1.82) is 0 Å². The van der Waals surface area contributed by atoms with Crippen LogP contribution < -0.4 is 10.5 Å². The minimum absolute atomic E-state index is 0.189. The average molecular weight is 304 g/mol. The van der Waals surface area contributed by atoms with Crippen LogP contribution in [0.3, 0.4) is 0 Å². The zero-order chi connectivity index (χ0) is 15.3. The van der Waals surface area contributed by atoms with Gasteiger partial charge in [-0.25, -0.2) is 13.6 Å². The molecule has 0 fully saturated rings. The molecule has 8 nitrogen and oxygen atoms in total. The van der Waals surface area contributed by atoms with E-state index in [0.29, 0.717) is 18.5 Å². The predicted octanol–water partition coefficient (Wildman–Crippen LogP) is -0.226. The number of aromatic nitrogens is 2. The Kier molecular flexibility index (Phi) is 5.66. The second kappa shape index (κ2) is 6.82. The van der Waals surface area contributed by atoms with E-state index in [9.17, 15) is 13.2 Å². The molecule has 0 aliphatic heterocycles. The van der Waals surface area contributed by atoms with Crippen molar-refractivity contribution in [1.82, 2.24) is 15.5 Å². The Morgan fingerprint density at radius 2 is 2.20 bits per heavy atom. The van der Waals surface area contributed by atoms with Crippen LogP contribution in [0.25, 0.3) is 0 Å². The fourth-order valence-electron chi connectivity index (χ4n) is 1.65. The van der Waals surface area contributed by atoms with E-state index in [0.717, 1.165) is 0 Å². The van der Waals surface area contributed by atoms with E-state index in [2.05, 4.69) is 15.5 Å². The highest BCUT2D eigenvalue weighted by atomic mass is 32.2. The highest BCUT2D eigenvalue weighted by Crippen LogP contribution is 2.18. The molecule has 1 rings (SSSR count). The number of rotatable bonds is 7. The van der Waals surface area contributed by atoms with E-state index < -0.39 is 15.9 Å². The molecule has 0 aromatic carbocycles. The Morgan fingerprint density at radius 3 is 2.70 bits per heavy atom. The highest BCUT2D eigenvalue weighted by Gasteiger charge is 2.27. The first-order valence-corrected chi connectivity index (χ1v) is 7.76. The van der Waals surface area contributed by atoms with Gasteiger partial charge < -0.3 is 10.1 Å². The van der Waals surface area contributed by atoms with Gasteiger partial charge in [-0.2, -0.15) is 5.10 Å². The van der Waals surface area contributed by atoms with Gasteiger partial charge in [0.05, 0.1) is 11.8 Å². The van der Waals surface area contributed by atoms with Crippen LogP contribution in [0.2, 0.25) is 0 Å². The third kappa shape index (κ3) is 4.02. The molecule has 1 atom stereocenters. The van der Waals surface area contributed by atoms with Crippen molar-refractivity contribution in [2.45, 2.75) is 37.7 Å². The van der Waals surface area contributed by atoms with E-state index in [4.69, 9.17) is 9.88 Å². The predicted molar refractivity (Wildman–Crippen MR) is 72.8 cm³/mol. The van der Waals surface area contributed by atoms with E-state index in [1.807, 2.05) is 6.92 Å². The fourth-order valence-corrected chi connectivity index (χ4v) is 2.55. The number of primary sulfonamides is 1. The van der Waals surface area contributed by atoms with E-state index in [1.165, 1.54) is 7.11 Å². The van der Waals surface area contributed by atoms with Crippen LogP contribution in [0, 0.1) is 0 Å². The third-order valence-electron chi connectivity index (χ3n) is 2.74. The average Bonchev–Trinajstić information content (AvgIpc) is 2.79. The van der Waals surface area contributed by atoms with Gasteiger partial charge in [0.15, 0.2) is 5.69 Å². The summed E-state index contributed by atoms with van der Waals surface area (Å²) in [5.41, 5.74) is 0.138. The molecule has 9 heteroatoms. The van der Waals surface area contributed by atoms with Crippen LogP contribution in [0.15, 0.2) is 4.90 Å². The first-order valence-electron chi connectivity index (χ1n) is 6.22. The number of nitrogens with zero attached hydrogens (tertiary/aromatic N) is 1. The van der Waals surface area contributed by atoms with Gasteiger partial charge in [-0.3, -0.25) is 9.89 Å². The summed E-state index contributed by atoms with van der Waals surface area (Å²) in [6, 6.07) is 0. The smallest absolute Gasteiger partial charge is 0.273 e. The number of nitrogens with two attached hydrogens (primary N) is 1. The molecule has 1 amide bonds. The van der Waals surface area contributed by atoms with E-state index in [1.54, 1.807) is 6.92 Å². The number of sulfonamides is 1. The molecule has 1 unspecified atom stereocenters. The van der Waals surface area contributed by atoms with Gasteiger partial charge in [-0.15, -0.1) is 0 Å². The number of hydrogen-bond acceptors (Lipinski definition) is 5. The largest absolute Gasteiger partial charge is 0.380 e. The number of H-pyrrole nitrogens is 1. The molecular formula is C11H20N4O4S. The molecule has 114 valence electrons.